The molecule has 106 valence electrons. The highest BCUT2D eigenvalue weighted by Gasteiger charge is 2.18. The van der Waals surface area contributed by atoms with E-state index >= 15 is 0 Å². The molecule has 3 N–H and O–H groups in total. The minimum absolute atomic E-state index is 0.253. The number of nitrogens with one attached hydrogen (secondary N) is 1. The second kappa shape index (κ2) is 5.35. The maximum Gasteiger partial charge on any atom is 0.267 e. The van der Waals surface area contributed by atoms with Crippen LogP contribution >= 0.6 is 22.9 Å². The van der Waals surface area contributed by atoms with Crippen LogP contribution in [0.5, 0.6) is 0 Å². The first-order valence-electron chi connectivity index (χ1n) is 6.27. The van der Waals surface area contributed by atoms with Gasteiger partial charge in [-0.2, -0.15) is 0 Å². The lowest BCUT2D eigenvalue weighted by Gasteiger charge is -2.04. The summed E-state index contributed by atoms with van der Waals surface area (Å²) in [6.07, 6.45) is 1.71. The van der Waals surface area contributed by atoms with E-state index in [4.69, 9.17) is 17.3 Å². The number of aryl methyl sites for hydroxylation is 1. The molecule has 0 unspecified atom stereocenters. The van der Waals surface area contributed by atoms with E-state index in [1.54, 1.807) is 30.5 Å². The molecule has 0 bridgehead atoms. The number of hydrogen-bond acceptors (Lipinski definition) is 4. The minimum atomic E-state index is -0.253. The second-order valence-electron chi connectivity index (χ2n) is 4.62. The number of nitrogens with zero attached hydrogens (tertiary/aromatic N) is 1. The summed E-state index contributed by atoms with van der Waals surface area (Å²) in [5, 5.41) is 4.21. The van der Waals surface area contributed by atoms with Gasteiger partial charge < -0.3 is 11.1 Å². The molecule has 0 radical (unpaired) electrons. The van der Waals surface area contributed by atoms with Gasteiger partial charge >= 0.3 is 0 Å². The predicted octanol–water partition coefficient (Wildman–Crippen LogP) is 4.09. The standard InChI is InChI=1S/C15H12ClN3OS/c1-8-5-6-18-15-11(8)12(17)13(21-15)14(20)19-10-4-2-3-9(16)7-10/h2-7H,17H2,1H3,(H,19,20). The first-order valence-corrected chi connectivity index (χ1v) is 7.46. The Morgan fingerprint density at radius 1 is 1.38 bits per heavy atom. The van der Waals surface area contributed by atoms with Gasteiger partial charge in [0.1, 0.15) is 9.71 Å². The molecular weight excluding hydrogens is 306 g/mol. The molecule has 1 aromatic carbocycles. The number of fused-ring (bicyclic) bond motifs is 1. The number of nitrogens with two attached hydrogens (primary N) is 1. The van der Waals surface area contributed by atoms with E-state index in [0.717, 1.165) is 15.8 Å². The van der Waals surface area contributed by atoms with Crippen LogP contribution < -0.4 is 11.1 Å². The number of amides is 1. The second-order valence-corrected chi connectivity index (χ2v) is 6.05. The van der Waals surface area contributed by atoms with Gasteiger partial charge in [-0.1, -0.05) is 17.7 Å². The van der Waals surface area contributed by atoms with Crippen LogP contribution in [0.1, 0.15) is 15.2 Å². The van der Waals surface area contributed by atoms with E-state index in [1.165, 1.54) is 11.3 Å². The predicted molar refractivity (Wildman–Crippen MR) is 88.2 cm³/mol. The normalized spacial score (nSPS) is 10.8. The Bertz CT molecular complexity index is 844. The third-order valence-electron chi connectivity index (χ3n) is 3.13. The molecular formula is C15H12ClN3OS. The summed E-state index contributed by atoms with van der Waals surface area (Å²) in [5.74, 6) is -0.253. The van der Waals surface area contributed by atoms with Crippen LogP contribution in [-0.4, -0.2) is 10.9 Å². The summed E-state index contributed by atoms with van der Waals surface area (Å²) in [5.41, 5.74) is 8.22. The van der Waals surface area contributed by atoms with Crippen LogP contribution in [0.25, 0.3) is 10.2 Å². The van der Waals surface area contributed by atoms with Gasteiger partial charge in [-0.25, -0.2) is 4.98 Å². The highest BCUT2D eigenvalue weighted by Crippen LogP contribution is 2.34. The molecule has 21 heavy (non-hydrogen) atoms. The average molecular weight is 318 g/mol. The van der Waals surface area contributed by atoms with Crippen molar-refractivity contribution in [1.29, 1.82) is 0 Å². The molecule has 3 aromatic rings. The summed E-state index contributed by atoms with van der Waals surface area (Å²) < 4.78 is 0. The van der Waals surface area contributed by atoms with Crippen LogP contribution in [-0.2, 0) is 0 Å². The fraction of sp³-hybridized carbons (Fsp3) is 0.0667. The summed E-state index contributed by atoms with van der Waals surface area (Å²) in [6.45, 7) is 1.95. The van der Waals surface area contributed by atoms with E-state index in [-0.39, 0.29) is 5.91 Å². The first-order chi connectivity index (χ1) is 10.1. The van der Waals surface area contributed by atoms with Crippen molar-refractivity contribution in [3.8, 4) is 0 Å². The lowest BCUT2D eigenvalue weighted by Crippen LogP contribution is -2.11. The van der Waals surface area contributed by atoms with E-state index in [1.807, 2.05) is 13.0 Å². The molecule has 0 fully saturated rings. The van der Waals surface area contributed by atoms with Gasteiger partial charge in [-0.15, -0.1) is 11.3 Å². The van der Waals surface area contributed by atoms with E-state index in [0.29, 0.717) is 21.3 Å². The Morgan fingerprint density at radius 3 is 2.90 bits per heavy atom. The first kappa shape index (κ1) is 13.9. The number of thiophene rings is 1. The lowest BCUT2D eigenvalue weighted by molar-refractivity contribution is 0.103. The molecule has 2 heterocycles. The summed E-state index contributed by atoms with van der Waals surface area (Å²) in [6, 6.07) is 8.86. The lowest BCUT2D eigenvalue weighted by atomic mass is 10.1. The number of pyridine rings is 1. The van der Waals surface area contributed by atoms with E-state index in [9.17, 15) is 4.79 Å². The van der Waals surface area contributed by atoms with Crippen LogP contribution in [0.2, 0.25) is 5.02 Å². The van der Waals surface area contributed by atoms with Crippen LogP contribution in [0.15, 0.2) is 36.5 Å². The molecule has 4 nitrogen and oxygen atoms in total. The Labute approximate surface area is 130 Å². The molecule has 0 saturated carbocycles. The Kier molecular flexibility index (Phi) is 3.53. The minimum Gasteiger partial charge on any atom is -0.397 e. The summed E-state index contributed by atoms with van der Waals surface area (Å²) in [4.78, 5) is 17.9. The third kappa shape index (κ3) is 2.57. The van der Waals surface area contributed by atoms with Crippen molar-refractivity contribution in [3.63, 3.8) is 0 Å². The fourth-order valence-electron chi connectivity index (χ4n) is 2.13. The van der Waals surface area contributed by atoms with Gasteiger partial charge in [0.25, 0.3) is 5.91 Å². The molecule has 0 aliphatic carbocycles. The largest absolute Gasteiger partial charge is 0.397 e. The summed E-state index contributed by atoms with van der Waals surface area (Å²) >= 11 is 7.20. The van der Waals surface area contributed by atoms with Crippen molar-refractivity contribution >= 4 is 50.4 Å². The number of carbonyl (C=O) groups excluding carboxylic acids is 1. The van der Waals surface area contributed by atoms with E-state index < -0.39 is 0 Å². The smallest absolute Gasteiger partial charge is 0.267 e. The molecule has 1 amide bonds. The van der Waals surface area contributed by atoms with Gasteiger partial charge in [0.2, 0.25) is 0 Å². The Morgan fingerprint density at radius 2 is 2.19 bits per heavy atom. The number of hydrogen-bond donors (Lipinski definition) is 2. The average Bonchev–Trinajstić information content (AvgIpc) is 2.77. The van der Waals surface area contributed by atoms with Gasteiger partial charge in [-0.3, -0.25) is 4.79 Å². The number of carbonyl (C=O) groups is 1. The molecule has 3 rings (SSSR count). The van der Waals surface area contributed by atoms with Crippen LogP contribution in [0, 0.1) is 6.92 Å². The van der Waals surface area contributed by atoms with Crippen LogP contribution in [0.4, 0.5) is 11.4 Å². The highest BCUT2D eigenvalue weighted by atomic mass is 35.5. The number of rotatable bonds is 2. The monoisotopic (exact) mass is 317 g/mol. The van der Waals surface area contributed by atoms with E-state index in [2.05, 4.69) is 10.3 Å². The van der Waals surface area contributed by atoms with Crippen molar-refractivity contribution < 1.29 is 4.79 Å². The highest BCUT2D eigenvalue weighted by molar-refractivity contribution is 7.21. The molecule has 0 aliphatic heterocycles. The SMILES string of the molecule is Cc1ccnc2sc(C(=O)Nc3cccc(Cl)c3)c(N)c12. The molecule has 2 aromatic heterocycles. The van der Waals surface area contributed by atoms with Gasteiger partial charge in [0, 0.05) is 22.3 Å². The number of aromatic nitrogens is 1. The molecule has 0 aliphatic rings. The Balaban J connectivity index is 1.99. The number of halogens is 1. The zero-order chi connectivity index (χ0) is 15.0. The van der Waals surface area contributed by atoms with Gasteiger partial charge in [0.05, 0.1) is 5.69 Å². The molecule has 0 saturated heterocycles. The van der Waals surface area contributed by atoms with Gasteiger partial charge in [0.15, 0.2) is 0 Å². The van der Waals surface area contributed by atoms with Crippen molar-refractivity contribution in [2.24, 2.45) is 0 Å². The number of anilines is 2. The maximum atomic E-state index is 12.4. The van der Waals surface area contributed by atoms with Crippen LogP contribution in [0.3, 0.4) is 0 Å². The topological polar surface area (TPSA) is 68.0 Å². The fourth-order valence-corrected chi connectivity index (χ4v) is 3.35. The van der Waals surface area contributed by atoms with Crippen molar-refractivity contribution in [1.82, 2.24) is 4.98 Å². The Hall–Kier alpha value is -2.11. The van der Waals surface area contributed by atoms with Crippen molar-refractivity contribution in [3.05, 3.63) is 52.0 Å². The maximum absolute atomic E-state index is 12.4. The molecule has 6 heteroatoms. The third-order valence-corrected chi connectivity index (χ3v) is 4.47. The molecule has 0 atom stereocenters. The zero-order valence-corrected chi connectivity index (χ0v) is 12.8. The van der Waals surface area contributed by atoms with Gasteiger partial charge in [-0.05, 0) is 36.8 Å². The number of benzene rings is 1. The number of nitrogen functional groups attached to an aromatic ring is 1. The summed E-state index contributed by atoms with van der Waals surface area (Å²) in [7, 11) is 0. The van der Waals surface area contributed by atoms with Crippen molar-refractivity contribution in [2.75, 3.05) is 11.1 Å². The van der Waals surface area contributed by atoms with Crippen molar-refractivity contribution in [2.45, 2.75) is 6.92 Å². The zero-order valence-electron chi connectivity index (χ0n) is 11.2. The quantitative estimate of drug-likeness (QED) is 0.748. The molecule has 0 spiro atoms.